The molecule has 0 saturated heterocycles. The van der Waals surface area contributed by atoms with E-state index in [1.165, 1.54) is 27.7 Å². The van der Waals surface area contributed by atoms with Crippen molar-refractivity contribution in [2.75, 3.05) is 6.26 Å². The van der Waals surface area contributed by atoms with Crippen molar-refractivity contribution in [3.05, 3.63) is 40.0 Å². The quantitative estimate of drug-likeness (QED) is 0.743. The van der Waals surface area contributed by atoms with Crippen LogP contribution in [-0.4, -0.2) is 19.7 Å². The Balaban J connectivity index is 2.03. The van der Waals surface area contributed by atoms with E-state index in [4.69, 9.17) is 0 Å². The molecule has 0 amide bonds. The molecule has 0 aliphatic rings. The van der Waals surface area contributed by atoms with Crippen molar-refractivity contribution < 1.29 is 8.42 Å². The Kier molecular flexibility index (Phi) is 3.16. The minimum absolute atomic E-state index is 0.0136. The van der Waals surface area contributed by atoms with E-state index >= 15 is 0 Å². The van der Waals surface area contributed by atoms with Gasteiger partial charge in [-0.2, -0.15) is 0 Å². The topological polar surface area (TPSA) is 47.0 Å². The zero-order chi connectivity index (χ0) is 13.5. The first kappa shape index (κ1) is 12.8. The molecule has 6 heteroatoms. The third-order valence-electron chi connectivity index (χ3n) is 2.69. The van der Waals surface area contributed by atoms with Crippen LogP contribution in [0.5, 0.6) is 0 Å². The van der Waals surface area contributed by atoms with Gasteiger partial charge in [-0.05, 0) is 6.07 Å². The van der Waals surface area contributed by atoms with Crippen molar-refractivity contribution in [3.63, 3.8) is 0 Å². The fraction of sp³-hybridized carbons (Fsp3) is 0.154. The number of aromatic nitrogens is 1. The summed E-state index contributed by atoms with van der Waals surface area (Å²) in [5.41, 5.74) is 1.94. The van der Waals surface area contributed by atoms with Gasteiger partial charge >= 0.3 is 0 Å². The first-order valence-electron chi connectivity index (χ1n) is 5.62. The van der Waals surface area contributed by atoms with Crippen molar-refractivity contribution in [3.8, 4) is 11.3 Å². The molecule has 0 N–H and O–H groups in total. The second kappa shape index (κ2) is 4.70. The van der Waals surface area contributed by atoms with E-state index in [1.807, 2.05) is 17.5 Å². The van der Waals surface area contributed by atoms with Crippen LogP contribution in [0.2, 0.25) is 0 Å². The summed E-state index contributed by atoms with van der Waals surface area (Å²) in [6, 6.07) is 8.16. The maximum absolute atomic E-state index is 11.3. The molecule has 0 saturated carbocycles. The lowest BCUT2D eigenvalue weighted by molar-refractivity contribution is 0.601. The fourth-order valence-electron chi connectivity index (χ4n) is 1.90. The highest BCUT2D eigenvalue weighted by Gasteiger charge is 2.12. The highest BCUT2D eigenvalue weighted by Crippen LogP contribution is 2.34. The first-order chi connectivity index (χ1) is 9.03. The van der Waals surface area contributed by atoms with Crippen LogP contribution in [0.3, 0.4) is 0 Å². The van der Waals surface area contributed by atoms with E-state index in [9.17, 15) is 8.42 Å². The molecule has 98 valence electrons. The van der Waals surface area contributed by atoms with Gasteiger partial charge in [0.05, 0.1) is 5.69 Å². The Morgan fingerprint density at radius 3 is 2.74 bits per heavy atom. The summed E-state index contributed by atoms with van der Waals surface area (Å²) in [6.45, 7) is 0. The zero-order valence-corrected chi connectivity index (χ0v) is 12.6. The summed E-state index contributed by atoms with van der Waals surface area (Å²) in [7, 11) is -3.02. The monoisotopic (exact) mass is 309 g/mol. The van der Waals surface area contributed by atoms with Gasteiger partial charge < -0.3 is 0 Å². The molecule has 0 unspecified atom stereocenters. The summed E-state index contributed by atoms with van der Waals surface area (Å²) < 4.78 is 23.8. The normalized spacial score (nSPS) is 12.1. The molecular weight excluding hydrogens is 298 g/mol. The number of thiophene rings is 1. The summed E-state index contributed by atoms with van der Waals surface area (Å²) in [4.78, 5) is 4.43. The molecular formula is C13H11NO2S3. The van der Waals surface area contributed by atoms with E-state index < -0.39 is 9.84 Å². The van der Waals surface area contributed by atoms with E-state index in [2.05, 4.69) is 22.5 Å². The fourth-order valence-corrected chi connectivity index (χ4v) is 4.86. The van der Waals surface area contributed by atoms with Crippen LogP contribution in [0.4, 0.5) is 0 Å². The van der Waals surface area contributed by atoms with E-state index in [-0.39, 0.29) is 5.75 Å². The van der Waals surface area contributed by atoms with Gasteiger partial charge in [-0.1, -0.05) is 18.2 Å². The minimum Gasteiger partial charge on any atom is -0.240 e. The van der Waals surface area contributed by atoms with Crippen LogP contribution in [-0.2, 0) is 15.6 Å². The molecule has 3 aromatic rings. The number of fused-ring (bicyclic) bond motifs is 1. The van der Waals surface area contributed by atoms with Gasteiger partial charge in [0.15, 0.2) is 9.84 Å². The van der Waals surface area contributed by atoms with E-state index in [1.54, 1.807) is 11.3 Å². The lowest BCUT2D eigenvalue weighted by Crippen LogP contribution is -1.99. The van der Waals surface area contributed by atoms with Gasteiger partial charge in [0.25, 0.3) is 0 Å². The smallest absolute Gasteiger partial charge is 0.153 e. The molecule has 19 heavy (non-hydrogen) atoms. The standard InChI is InChI=1S/C13H11NO2S3/c1-19(15,16)8-13-14-11(7-18-13)10-6-17-12-5-3-2-4-9(10)12/h2-7H,8H2,1H3. The molecule has 0 fully saturated rings. The second-order valence-electron chi connectivity index (χ2n) is 4.34. The van der Waals surface area contributed by atoms with Crippen molar-refractivity contribution in [1.82, 2.24) is 4.98 Å². The Hall–Kier alpha value is -1.24. The highest BCUT2D eigenvalue weighted by molar-refractivity contribution is 7.90. The molecule has 3 rings (SSSR count). The Morgan fingerprint density at radius 1 is 1.16 bits per heavy atom. The number of sulfone groups is 1. The molecule has 0 aliphatic carbocycles. The van der Waals surface area contributed by atoms with Crippen molar-refractivity contribution >= 4 is 42.6 Å². The lowest BCUT2D eigenvalue weighted by atomic mass is 10.1. The van der Waals surface area contributed by atoms with Gasteiger partial charge in [0.1, 0.15) is 10.8 Å². The summed E-state index contributed by atoms with van der Waals surface area (Å²) in [5, 5.41) is 5.82. The predicted molar refractivity (Wildman–Crippen MR) is 81.5 cm³/mol. The number of nitrogens with zero attached hydrogens (tertiary/aromatic N) is 1. The Bertz CT molecular complexity index is 830. The number of thiazole rings is 1. The second-order valence-corrected chi connectivity index (χ2v) is 8.34. The maximum atomic E-state index is 11.3. The largest absolute Gasteiger partial charge is 0.240 e. The van der Waals surface area contributed by atoms with Crippen molar-refractivity contribution in [1.29, 1.82) is 0 Å². The molecule has 2 aromatic heterocycles. The molecule has 2 heterocycles. The number of benzene rings is 1. The molecule has 0 radical (unpaired) electrons. The SMILES string of the molecule is CS(=O)(=O)Cc1nc(-c2csc3ccccc23)cs1. The highest BCUT2D eigenvalue weighted by atomic mass is 32.2. The third-order valence-corrected chi connectivity index (χ3v) is 5.49. The van der Waals surface area contributed by atoms with Crippen molar-refractivity contribution in [2.45, 2.75) is 5.75 Å². The van der Waals surface area contributed by atoms with E-state index in [0.29, 0.717) is 5.01 Å². The number of rotatable bonds is 3. The van der Waals surface area contributed by atoms with Gasteiger partial charge in [0.2, 0.25) is 0 Å². The van der Waals surface area contributed by atoms with Crippen LogP contribution in [0, 0.1) is 0 Å². The third kappa shape index (κ3) is 2.70. The van der Waals surface area contributed by atoms with Crippen molar-refractivity contribution in [2.24, 2.45) is 0 Å². The van der Waals surface area contributed by atoms with Crippen LogP contribution < -0.4 is 0 Å². The molecule has 0 aliphatic heterocycles. The average molecular weight is 309 g/mol. The summed E-state index contributed by atoms with van der Waals surface area (Å²) >= 11 is 3.08. The Morgan fingerprint density at radius 2 is 1.95 bits per heavy atom. The van der Waals surface area contributed by atoms with Crippen LogP contribution in [0.25, 0.3) is 21.3 Å². The summed E-state index contributed by atoms with van der Waals surface area (Å²) in [6.07, 6.45) is 1.23. The van der Waals surface area contributed by atoms with Crippen LogP contribution >= 0.6 is 22.7 Å². The minimum atomic E-state index is -3.02. The summed E-state index contributed by atoms with van der Waals surface area (Å²) in [5.74, 6) is 0.0136. The first-order valence-corrected chi connectivity index (χ1v) is 9.44. The van der Waals surface area contributed by atoms with Crippen LogP contribution in [0.1, 0.15) is 5.01 Å². The van der Waals surface area contributed by atoms with Crippen LogP contribution in [0.15, 0.2) is 35.0 Å². The molecule has 3 nitrogen and oxygen atoms in total. The van der Waals surface area contributed by atoms with E-state index in [0.717, 1.165) is 11.3 Å². The molecule has 0 atom stereocenters. The molecule has 0 spiro atoms. The van der Waals surface area contributed by atoms with Gasteiger partial charge in [-0.25, -0.2) is 13.4 Å². The average Bonchev–Trinajstić information content (AvgIpc) is 2.92. The number of hydrogen-bond acceptors (Lipinski definition) is 5. The van der Waals surface area contributed by atoms with Gasteiger partial charge in [-0.3, -0.25) is 0 Å². The predicted octanol–water partition coefficient (Wildman–Crippen LogP) is 3.57. The number of hydrogen-bond donors (Lipinski definition) is 0. The molecule has 1 aromatic carbocycles. The van der Waals surface area contributed by atoms with Gasteiger partial charge in [-0.15, -0.1) is 22.7 Å². The molecule has 0 bridgehead atoms. The lowest BCUT2D eigenvalue weighted by Gasteiger charge is -1.94. The maximum Gasteiger partial charge on any atom is 0.153 e. The van der Waals surface area contributed by atoms with Gasteiger partial charge in [0, 0.05) is 32.7 Å². The Labute approximate surface area is 119 Å². The zero-order valence-electron chi connectivity index (χ0n) is 10.2.